The summed E-state index contributed by atoms with van der Waals surface area (Å²) in [5.41, 5.74) is 10.1. The minimum absolute atomic E-state index is 0.399. The SMILES string of the molecule is Cc1c(C(N)=O)ccc(-c2ccccc2Cl)c1N1CCNCC1. The summed E-state index contributed by atoms with van der Waals surface area (Å²) in [6.07, 6.45) is 0. The number of benzene rings is 2. The maximum absolute atomic E-state index is 11.7. The zero-order valence-corrected chi connectivity index (χ0v) is 13.9. The molecular weight excluding hydrogens is 310 g/mol. The Hall–Kier alpha value is -2.04. The molecule has 0 spiro atoms. The number of carbonyl (C=O) groups excluding carboxylic acids is 1. The molecule has 1 amide bonds. The van der Waals surface area contributed by atoms with Crippen LogP contribution in [0.2, 0.25) is 5.02 Å². The van der Waals surface area contributed by atoms with E-state index >= 15 is 0 Å². The fourth-order valence-electron chi connectivity index (χ4n) is 3.16. The minimum atomic E-state index is -0.399. The van der Waals surface area contributed by atoms with E-state index < -0.39 is 5.91 Å². The first-order chi connectivity index (χ1) is 11.1. The molecule has 0 saturated carbocycles. The molecule has 1 aliphatic heterocycles. The summed E-state index contributed by atoms with van der Waals surface area (Å²) in [7, 11) is 0. The van der Waals surface area contributed by atoms with Gasteiger partial charge >= 0.3 is 0 Å². The van der Waals surface area contributed by atoms with E-state index in [-0.39, 0.29) is 0 Å². The van der Waals surface area contributed by atoms with E-state index in [1.54, 1.807) is 6.07 Å². The van der Waals surface area contributed by atoms with Crippen molar-refractivity contribution in [1.29, 1.82) is 0 Å². The lowest BCUT2D eigenvalue weighted by Gasteiger charge is -2.33. The summed E-state index contributed by atoms with van der Waals surface area (Å²) in [5, 5.41) is 4.06. The van der Waals surface area contributed by atoms with Gasteiger partial charge in [0, 0.05) is 53.6 Å². The van der Waals surface area contributed by atoms with Crippen LogP contribution in [0.1, 0.15) is 15.9 Å². The molecule has 4 nitrogen and oxygen atoms in total. The Morgan fingerprint density at radius 3 is 2.48 bits per heavy atom. The van der Waals surface area contributed by atoms with Crippen molar-refractivity contribution >= 4 is 23.2 Å². The third kappa shape index (κ3) is 3.05. The summed E-state index contributed by atoms with van der Waals surface area (Å²) in [4.78, 5) is 14.0. The van der Waals surface area contributed by atoms with Crippen LogP contribution in [0.15, 0.2) is 36.4 Å². The molecule has 2 aromatic rings. The van der Waals surface area contributed by atoms with Gasteiger partial charge in [0.15, 0.2) is 0 Å². The largest absolute Gasteiger partial charge is 0.368 e. The van der Waals surface area contributed by atoms with Crippen LogP contribution in [0.4, 0.5) is 5.69 Å². The molecule has 3 rings (SSSR count). The Balaban J connectivity index is 2.21. The number of rotatable bonds is 3. The number of carbonyl (C=O) groups is 1. The minimum Gasteiger partial charge on any atom is -0.368 e. The summed E-state index contributed by atoms with van der Waals surface area (Å²) in [6, 6.07) is 11.5. The Morgan fingerprint density at radius 2 is 1.83 bits per heavy atom. The van der Waals surface area contributed by atoms with Crippen LogP contribution in [-0.2, 0) is 0 Å². The summed E-state index contributed by atoms with van der Waals surface area (Å²) < 4.78 is 0. The van der Waals surface area contributed by atoms with Gasteiger partial charge in [-0.2, -0.15) is 0 Å². The molecule has 1 aliphatic rings. The lowest BCUT2D eigenvalue weighted by Crippen LogP contribution is -2.44. The summed E-state index contributed by atoms with van der Waals surface area (Å²) >= 11 is 6.40. The maximum Gasteiger partial charge on any atom is 0.249 e. The molecule has 23 heavy (non-hydrogen) atoms. The van der Waals surface area contributed by atoms with Crippen molar-refractivity contribution in [3.8, 4) is 11.1 Å². The van der Waals surface area contributed by atoms with Crippen molar-refractivity contribution in [1.82, 2.24) is 5.32 Å². The van der Waals surface area contributed by atoms with Gasteiger partial charge in [-0.15, -0.1) is 0 Å². The lowest BCUT2D eigenvalue weighted by atomic mass is 9.95. The van der Waals surface area contributed by atoms with Gasteiger partial charge in [-0.25, -0.2) is 0 Å². The van der Waals surface area contributed by atoms with Crippen LogP contribution in [0.3, 0.4) is 0 Å². The van der Waals surface area contributed by atoms with Gasteiger partial charge in [-0.3, -0.25) is 4.79 Å². The molecule has 0 radical (unpaired) electrons. The predicted molar refractivity (Wildman–Crippen MR) is 95.2 cm³/mol. The second kappa shape index (κ2) is 6.60. The highest BCUT2D eigenvalue weighted by atomic mass is 35.5. The molecular formula is C18H20ClN3O. The van der Waals surface area contributed by atoms with Gasteiger partial charge in [0.1, 0.15) is 0 Å². The molecule has 2 aromatic carbocycles. The van der Waals surface area contributed by atoms with Gasteiger partial charge in [-0.05, 0) is 24.6 Å². The summed E-state index contributed by atoms with van der Waals surface area (Å²) in [6.45, 7) is 5.57. The first-order valence-electron chi connectivity index (χ1n) is 7.73. The number of primary amides is 1. The average Bonchev–Trinajstić information content (AvgIpc) is 2.55. The van der Waals surface area contributed by atoms with E-state index in [9.17, 15) is 4.79 Å². The number of nitrogens with zero attached hydrogens (tertiary/aromatic N) is 1. The zero-order valence-electron chi connectivity index (χ0n) is 13.1. The Morgan fingerprint density at radius 1 is 1.13 bits per heavy atom. The Labute approximate surface area is 141 Å². The van der Waals surface area contributed by atoms with Crippen LogP contribution < -0.4 is 16.0 Å². The van der Waals surface area contributed by atoms with Crippen molar-refractivity contribution in [2.24, 2.45) is 5.73 Å². The van der Waals surface area contributed by atoms with Gasteiger partial charge in [0.05, 0.1) is 0 Å². The number of halogens is 1. The molecule has 1 fully saturated rings. The quantitative estimate of drug-likeness (QED) is 0.910. The molecule has 0 aromatic heterocycles. The molecule has 0 aliphatic carbocycles. The normalized spacial score (nSPS) is 14.8. The highest BCUT2D eigenvalue weighted by Crippen LogP contribution is 2.38. The maximum atomic E-state index is 11.7. The molecule has 120 valence electrons. The van der Waals surface area contributed by atoms with Crippen molar-refractivity contribution in [2.75, 3.05) is 31.1 Å². The number of piperazine rings is 1. The molecule has 3 N–H and O–H groups in total. The van der Waals surface area contributed by atoms with Crippen molar-refractivity contribution < 1.29 is 4.79 Å². The van der Waals surface area contributed by atoms with Crippen LogP contribution in [0, 0.1) is 6.92 Å². The topological polar surface area (TPSA) is 58.4 Å². The fraction of sp³-hybridized carbons (Fsp3) is 0.278. The van der Waals surface area contributed by atoms with Gasteiger partial charge in [-0.1, -0.05) is 35.9 Å². The molecule has 5 heteroatoms. The highest BCUT2D eigenvalue weighted by molar-refractivity contribution is 6.33. The van der Waals surface area contributed by atoms with Crippen molar-refractivity contribution in [2.45, 2.75) is 6.92 Å². The number of anilines is 1. The highest BCUT2D eigenvalue weighted by Gasteiger charge is 2.21. The number of nitrogens with one attached hydrogen (secondary N) is 1. The Bertz CT molecular complexity index is 739. The standard InChI is InChI=1S/C18H20ClN3O/c1-12-13(18(20)23)6-7-15(14-4-2-3-5-16(14)19)17(12)22-10-8-21-9-11-22/h2-7,21H,8-11H2,1H3,(H2,20,23). The van der Waals surface area contributed by atoms with E-state index in [0.29, 0.717) is 10.6 Å². The smallest absolute Gasteiger partial charge is 0.249 e. The number of nitrogens with two attached hydrogens (primary N) is 1. The Kier molecular flexibility index (Phi) is 4.55. The molecule has 1 heterocycles. The molecule has 1 saturated heterocycles. The fourth-order valence-corrected chi connectivity index (χ4v) is 3.40. The lowest BCUT2D eigenvalue weighted by molar-refractivity contribution is 0.1000. The van der Waals surface area contributed by atoms with E-state index in [0.717, 1.165) is 48.6 Å². The molecule has 0 unspecified atom stereocenters. The average molecular weight is 330 g/mol. The monoisotopic (exact) mass is 329 g/mol. The van der Waals surface area contributed by atoms with Gasteiger partial charge in [0.25, 0.3) is 0 Å². The van der Waals surface area contributed by atoms with Crippen molar-refractivity contribution in [3.05, 3.63) is 52.5 Å². The van der Waals surface area contributed by atoms with Crippen LogP contribution >= 0.6 is 11.6 Å². The summed E-state index contributed by atoms with van der Waals surface area (Å²) in [5.74, 6) is -0.399. The van der Waals surface area contributed by atoms with Crippen LogP contribution in [-0.4, -0.2) is 32.1 Å². The number of hydrogen-bond donors (Lipinski definition) is 2. The van der Waals surface area contributed by atoms with E-state index in [1.807, 2.05) is 37.3 Å². The predicted octanol–water partition coefficient (Wildman–Crippen LogP) is 2.82. The van der Waals surface area contributed by atoms with Crippen LogP contribution in [0.25, 0.3) is 11.1 Å². The van der Waals surface area contributed by atoms with E-state index in [1.165, 1.54) is 0 Å². The molecule has 0 bridgehead atoms. The van der Waals surface area contributed by atoms with Crippen LogP contribution in [0.5, 0.6) is 0 Å². The van der Waals surface area contributed by atoms with E-state index in [2.05, 4.69) is 10.2 Å². The number of amides is 1. The second-order valence-electron chi connectivity index (χ2n) is 5.72. The first kappa shape index (κ1) is 15.8. The van der Waals surface area contributed by atoms with Gasteiger partial charge in [0.2, 0.25) is 5.91 Å². The van der Waals surface area contributed by atoms with Crippen molar-refractivity contribution in [3.63, 3.8) is 0 Å². The third-order valence-electron chi connectivity index (χ3n) is 4.29. The first-order valence-corrected chi connectivity index (χ1v) is 8.11. The number of hydrogen-bond acceptors (Lipinski definition) is 3. The third-order valence-corrected chi connectivity index (χ3v) is 4.62. The van der Waals surface area contributed by atoms with Gasteiger partial charge < -0.3 is 16.0 Å². The zero-order chi connectivity index (χ0) is 16.4. The van der Waals surface area contributed by atoms with E-state index in [4.69, 9.17) is 17.3 Å². The second-order valence-corrected chi connectivity index (χ2v) is 6.12. The molecule has 0 atom stereocenters.